The summed E-state index contributed by atoms with van der Waals surface area (Å²) in [4.78, 5) is 95.0. The van der Waals surface area contributed by atoms with Crippen LogP contribution in [0.4, 0.5) is 0 Å². The molecule has 0 N–H and O–H groups in total. The Kier molecular flexibility index (Phi) is 35.1. The summed E-state index contributed by atoms with van der Waals surface area (Å²) in [5.41, 5.74) is 0. The highest BCUT2D eigenvalue weighted by Gasteiger charge is 2.54. The summed E-state index contributed by atoms with van der Waals surface area (Å²) in [5.74, 6) is -3.19. The maximum Gasteiger partial charge on any atom is 0.303 e. The van der Waals surface area contributed by atoms with Gasteiger partial charge in [0.1, 0.15) is 74.8 Å². The van der Waals surface area contributed by atoms with Gasteiger partial charge >= 0.3 is 47.8 Å². The van der Waals surface area contributed by atoms with Crippen molar-refractivity contribution in [3.63, 3.8) is 0 Å². The van der Waals surface area contributed by atoms with Crippen LogP contribution < -0.4 is 18.9 Å². The first-order valence-corrected chi connectivity index (χ1v) is 28.3. The third kappa shape index (κ3) is 30.3. The van der Waals surface area contributed by atoms with Gasteiger partial charge in [0.2, 0.25) is 0 Å². The van der Waals surface area contributed by atoms with Crippen LogP contribution in [-0.2, 0) is 124 Å². The van der Waals surface area contributed by atoms with Crippen molar-refractivity contribution in [1.82, 2.24) is 0 Å². The van der Waals surface area contributed by atoms with Crippen molar-refractivity contribution >= 4 is 47.8 Å². The summed E-state index contributed by atoms with van der Waals surface area (Å²) in [6, 6.07) is 14.2. The van der Waals surface area contributed by atoms with Gasteiger partial charge in [0.05, 0.1) is 92.5 Å². The second-order valence-electron chi connectivity index (χ2n) is 18.9. The topological polar surface area (TPSA) is 340 Å². The molecular weight excluding hydrogens is 1180 g/mol. The molecule has 494 valence electrons. The molecule has 88 heavy (non-hydrogen) atoms. The van der Waals surface area contributed by atoms with Crippen molar-refractivity contribution in [1.29, 1.82) is 0 Å². The summed E-state index contributed by atoms with van der Waals surface area (Å²) in [6.07, 6.45) is -12.8. The highest BCUT2D eigenvalue weighted by Crippen LogP contribution is 2.32. The van der Waals surface area contributed by atoms with Crippen molar-refractivity contribution in [2.45, 2.75) is 117 Å². The van der Waals surface area contributed by atoms with Crippen molar-refractivity contribution in [2.24, 2.45) is 0 Å². The number of esters is 8. The van der Waals surface area contributed by atoms with Gasteiger partial charge in [-0.2, -0.15) is 0 Å². The Balaban J connectivity index is 0.967. The molecule has 2 aromatic rings. The quantitative estimate of drug-likeness (QED) is 0.0522. The van der Waals surface area contributed by atoms with E-state index < -0.39 is 109 Å². The predicted octanol–water partition coefficient (Wildman–Crippen LogP) is 2.20. The van der Waals surface area contributed by atoms with Crippen LogP contribution in [0.3, 0.4) is 0 Å². The minimum Gasteiger partial charge on any atom is -0.491 e. The summed E-state index contributed by atoms with van der Waals surface area (Å²) in [6.45, 7) is 12.7. The number of rotatable bonds is 43. The highest BCUT2D eigenvalue weighted by atomic mass is 16.8. The molecule has 0 aliphatic carbocycles. The average molecular weight is 1260 g/mol. The Morgan fingerprint density at radius 1 is 0.284 bits per heavy atom. The number of benzene rings is 2. The van der Waals surface area contributed by atoms with E-state index in [1.54, 1.807) is 48.5 Å². The maximum absolute atomic E-state index is 12.0. The molecule has 2 aliphatic heterocycles. The number of carbonyl (C=O) groups excluding carboxylic acids is 8. The fourth-order valence-corrected chi connectivity index (χ4v) is 8.20. The summed E-state index contributed by atoms with van der Waals surface area (Å²) in [7, 11) is 0. The summed E-state index contributed by atoms with van der Waals surface area (Å²) < 4.78 is 122. The number of carbonyl (C=O) groups is 8. The first-order valence-electron chi connectivity index (χ1n) is 28.3. The highest BCUT2D eigenvalue weighted by molar-refractivity contribution is 5.70. The van der Waals surface area contributed by atoms with E-state index in [0.29, 0.717) is 62.6 Å². The van der Waals surface area contributed by atoms with Gasteiger partial charge in [-0.15, -0.1) is 0 Å². The Hall–Kier alpha value is -7.00. The zero-order valence-corrected chi connectivity index (χ0v) is 50.8. The Bertz CT molecular complexity index is 2220. The van der Waals surface area contributed by atoms with E-state index in [1.165, 1.54) is 13.8 Å². The molecule has 30 nitrogen and oxygen atoms in total. The van der Waals surface area contributed by atoms with Gasteiger partial charge in [-0.25, -0.2) is 0 Å². The molecule has 2 fully saturated rings. The number of hydrogen-bond donors (Lipinski definition) is 0. The van der Waals surface area contributed by atoms with Crippen LogP contribution in [0, 0.1) is 0 Å². The van der Waals surface area contributed by atoms with E-state index in [2.05, 4.69) is 0 Å². The first kappa shape index (κ1) is 73.5. The summed E-state index contributed by atoms with van der Waals surface area (Å²) >= 11 is 0. The fraction of sp³-hybridized carbons (Fsp3) is 0.655. The first-order chi connectivity index (χ1) is 42.3. The molecule has 30 heteroatoms. The van der Waals surface area contributed by atoms with E-state index in [1.807, 2.05) is 0 Å². The second kappa shape index (κ2) is 42.0. The third-order valence-electron chi connectivity index (χ3n) is 11.7. The lowest BCUT2D eigenvalue weighted by Crippen LogP contribution is -2.63. The van der Waals surface area contributed by atoms with E-state index in [0.717, 1.165) is 41.5 Å². The molecule has 4 rings (SSSR count). The number of hydrogen-bond acceptors (Lipinski definition) is 30. The minimum atomic E-state index is -1.34. The lowest BCUT2D eigenvalue weighted by molar-refractivity contribution is -0.309. The van der Waals surface area contributed by atoms with Crippen LogP contribution >= 0.6 is 0 Å². The largest absolute Gasteiger partial charge is 0.491 e. The predicted molar refractivity (Wildman–Crippen MR) is 296 cm³/mol. The molecule has 0 unspecified atom stereocenters. The maximum atomic E-state index is 12.0. The van der Waals surface area contributed by atoms with Gasteiger partial charge in [0.15, 0.2) is 49.2 Å². The van der Waals surface area contributed by atoms with Gasteiger partial charge in [-0.1, -0.05) is 0 Å². The lowest BCUT2D eigenvalue weighted by atomic mass is 9.98. The smallest absolute Gasteiger partial charge is 0.303 e. The van der Waals surface area contributed by atoms with Crippen LogP contribution in [0.2, 0.25) is 0 Å². The molecule has 0 spiro atoms. The van der Waals surface area contributed by atoms with Crippen molar-refractivity contribution in [3.8, 4) is 23.0 Å². The van der Waals surface area contributed by atoms with Crippen molar-refractivity contribution in [3.05, 3.63) is 48.5 Å². The SMILES string of the molecule is CC(=O)OC[C@H]1O[C@@H](OCCOCCOCCOc2ccc(OCCOCCOCCOc3ccc(OCCOCCOCCO[C@@H]4O[C@H](COC(C)=O)[C@@H](OC(C)=O)[C@H](OC(C)=O)[C@H]4OC(C)=O)cc3)cc2)[C@H](OC(C)=O)[C@@H](OC(C)=O)[C@@H]1OC(C)=O. The van der Waals surface area contributed by atoms with Gasteiger partial charge in [-0.05, 0) is 48.5 Å². The monoisotopic (exact) mass is 1260 g/mol. The zero-order valence-electron chi connectivity index (χ0n) is 50.8. The molecule has 2 aliphatic rings. The van der Waals surface area contributed by atoms with E-state index in [9.17, 15) is 38.4 Å². The Morgan fingerprint density at radius 3 is 0.739 bits per heavy atom. The molecule has 10 atom stereocenters. The minimum absolute atomic E-state index is 0.0492. The Morgan fingerprint density at radius 2 is 0.500 bits per heavy atom. The molecule has 0 saturated carbocycles. The van der Waals surface area contributed by atoms with Gasteiger partial charge in [0, 0.05) is 55.4 Å². The van der Waals surface area contributed by atoms with Gasteiger partial charge in [-0.3, -0.25) is 38.4 Å². The molecule has 0 aromatic heterocycles. The van der Waals surface area contributed by atoms with E-state index in [-0.39, 0.29) is 92.5 Å². The number of ether oxygens (including phenoxy) is 22. The molecule has 2 aromatic carbocycles. The average Bonchev–Trinajstić information content (AvgIpc) is 1.47. The van der Waals surface area contributed by atoms with Crippen LogP contribution in [0.1, 0.15) is 55.4 Å². The van der Waals surface area contributed by atoms with Gasteiger partial charge in [0.25, 0.3) is 0 Å². The molecular formula is C58H82O30. The zero-order chi connectivity index (χ0) is 64.1. The normalized spacial score (nSPS) is 21.4. The van der Waals surface area contributed by atoms with E-state index >= 15 is 0 Å². The fourth-order valence-electron chi connectivity index (χ4n) is 8.20. The van der Waals surface area contributed by atoms with Crippen LogP contribution in [-0.4, -0.2) is 241 Å². The molecule has 2 heterocycles. The van der Waals surface area contributed by atoms with E-state index in [4.69, 9.17) is 104 Å². The van der Waals surface area contributed by atoms with Crippen LogP contribution in [0.5, 0.6) is 23.0 Å². The van der Waals surface area contributed by atoms with Crippen LogP contribution in [0.15, 0.2) is 48.5 Å². The van der Waals surface area contributed by atoms with Crippen molar-refractivity contribution < 1.29 is 143 Å². The van der Waals surface area contributed by atoms with Crippen molar-refractivity contribution in [2.75, 3.05) is 132 Å². The standard InChI is InChI=1S/C58H82O30/c1-37(59)79-35-49-51(81-39(3)61)53(83-41(5)63)55(85-43(7)65)57(87-49)77-33-27-71-21-19-69-25-31-75-47-13-9-45(10-14-47)73-29-23-67-17-18-68-24-30-74-46-11-15-48(16-12-46)76-32-26-70-20-22-72-28-34-78-58-56(86-44(8)66)54(84-42(6)64)52(82-40(4)62)50(88-58)36-80-38(2)60/h9-16,49-58H,17-36H2,1-8H3/t49-,50-,51-,52-,53+,54+,55-,56-,57-,58-/m1/s1. The lowest BCUT2D eigenvalue weighted by Gasteiger charge is -2.44. The second-order valence-corrected chi connectivity index (χ2v) is 18.9. The molecule has 0 amide bonds. The summed E-state index contributed by atoms with van der Waals surface area (Å²) in [5, 5.41) is 0. The third-order valence-corrected chi connectivity index (χ3v) is 11.7. The molecule has 2 saturated heterocycles. The molecule has 0 bridgehead atoms. The van der Waals surface area contributed by atoms with Gasteiger partial charge < -0.3 is 104 Å². The van der Waals surface area contributed by atoms with Crippen LogP contribution in [0.25, 0.3) is 0 Å². The Labute approximate surface area is 509 Å². The molecule has 0 radical (unpaired) electrons.